The summed E-state index contributed by atoms with van der Waals surface area (Å²) in [6.45, 7) is 2.63. The number of hydrogen-bond acceptors (Lipinski definition) is 4. The summed E-state index contributed by atoms with van der Waals surface area (Å²) < 4.78 is 0. The fourth-order valence-electron chi connectivity index (χ4n) is 1.40. The Morgan fingerprint density at radius 2 is 2.38 bits per heavy atom. The molecule has 1 atom stereocenters. The van der Waals surface area contributed by atoms with E-state index in [0.29, 0.717) is 12.4 Å². The second-order valence-electron chi connectivity index (χ2n) is 3.49. The fraction of sp³-hybridized carbons (Fsp3) is 0.300. The Labute approximate surface area is 98.2 Å². The van der Waals surface area contributed by atoms with Crippen molar-refractivity contribution in [2.45, 2.75) is 19.5 Å². The first-order valence-electron chi connectivity index (χ1n) is 4.97. The number of aromatic nitrogens is 4. The molecule has 2 aromatic rings. The molecule has 0 amide bonds. The topological polar surface area (TPSA) is 66.5 Å². The molecule has 2 N–H and O–H groups in total. The maximum absolute atomic E-state index is 5.92. The number of nitrogens with one attached hydrogen (secondary N) is 2. The average molecular weight is 238 g/mol. The van der Waals surface area contributed by atoms with Gasteiger partial charge in [0.15, 0.2) is 5.82 Å². The number of rotatable bonds is 4. The highest BCUT2D eigenvalue weighted by Crippen LogP contribution is 2.17. The van der Waals surface area contributed by atoms with Gasteiger partial charge in [0.05, 0.1) is 6.54 Å². The molecule has 0 bridgehead atoms. The average Bonchev–Trinajstić information content (AvgIpc) is 2.78. The number of aromatic amines is 1. The van der Waals surface area contributed by atoms with Crippen LogP contribution in [0.5, 0.6) is 0 Å². The van der Waals surface area contributed by atoms with Crippen molar-refractivity contribution in [3.63, 3.8) is 0 Å². The molecular weight excluding hydrogens is 226 g/mol. The van der Waals surface area contributed by atoms with Crippen molar-refractivity contribution in [2.24, 2.45) is 0 Å². The largest absolute Gasteiger partial charge is 0.303 e. The molecule has 84 valence electrons. The predicted molar refractivity (Wildman–Crippen MR) is 60.9 cm³/mol. The van der Waals surface area contributed by atoms with Crippen LogP contribution in [0.1, 0.15) is 24.4 Å². The van der Waals surface area contributed by atoms with Crippen LogP contribution < -0.4 is 5.32 Å². The maximum Gasteiger partial charge on any atom is 0.188 e. The van der Waals surface area contributed by atoms with Crippen LogP contribution in [-0.2, 0) is 6.54 Å². The van der Waals surface area contributed by atoms with Crippen LogP contribution in [0.15, 0.2) is 24.3 Å². The van der Waals surface area contributed by atoms with Crippen LogP contribution in [-0.4, -0.2) is 20.6 Å². The second kappa shape index (κ2) is 5.05. The Morgan fingerprint density at radius 3 is 3.06 bits per heavy atom. The summed E-state index contributed by atoms with van der Waals surface area (Å²) in [5, 5.41) is 17.7. The van der Waals surface area contributed by atoms with E-state index < -0.39 is 0 Å². The number of hydrogen-bond donors (Lipinski definition) is 2. The monoisotopic (exact) mass is 237 g/mol. The van der Waals surface area contributed by atoms with Gasteiger partial charge in [-0.1, -0.05) is 28.9 Å². The third-order valence-electron chi connectivity index (χ3n) is 2.30. The molecule has 6 heteroatoms. The highest BCUT2D eigenvalue weighted by Gasteiger charge is 2.06. The molecule has 1 aromatic carbocycles. The van der Waals surface area contributed by atoms with Crippen LogP contribution in [0, 0.1) is 0 Å². The van der Waals surface area contributed by atoms with Crippen LogP contribution in [0.2, 0.25) is 5.02 Å². The zero-order valence-corrected chi connectivity index (χ0v) is 9.57. The minimum absolute atomic E-state index is 0.192. The Bertz CT molecular complexity index is 442. The van der Waals surface area contributed by atoms with E-state index in [9.17, 15) is 0 Å². The van der Waals surface area contributed by atoms with E-state index in [4.69, 9.17) is 11.6 Å². The van der Waals surface area contributed by atoms with Gasteiger partial charge < -0.3 is 5.32 Å². The van der Waals surface area contributed by atoms with Crippen molar-refractivity contribution in [3.05, 3.63) is 40.7 Å². The van der Waals surface area contributed by atoms with Gasteiger partial charge in [-0.3, -0.25) is 0 Å². The lowest BCUT2D eigenvalue weighted by Crippen LogP contribution is -2.18. The highest BCUT2D eigenvalue weighted by atomic mass is 35.5. The highest BCUT2D eigenvalue weighted by molar-refractivity contribution is 6.30. The molecule has 1 aromatic heterocycles. The molecule has 0 spiro atoms. The minimum Gasteiger partial charge on any atom is -0.303 e. The first-order chi connectivity index (χ1) is 7.75. The molecule has 0 saturated heterocycles. The predicted octanol–water partition coefficient (Wildman–Crippen LogP) is 1.70. The number of halogens is 1. The fourth-order valence-corrected chi connectivity index (χ4v) is 1.59. The van der Waals surface area contributed by atoms with Gasteiger partial charge in [-0.15, -0.1) is 10.2 Å². The molecule has 16 heavy (non-hydrogen) atoms. The van der Waals surface area contributed by atoms with Crippen molar-refractivity contribution >= 4 is 11.6 Å². The second-order valence-corrected chi connectivity index (χ2v) is 3.92. The quantitative estimate of drug-likeness (QED) is 0.850. The molecule has 5 nitrogen and oxygen atoms in total. The van der Waals surface area contributed by atoms with Gasteiger partial charge >= 0.3 is 0 Å². The third kappa shape index (κ3) is 2.77. The summed E-state index contributed by atoms with van der Waals surface area (Å²) in [6, 6.07) is 7.95. The summed E-state index contributed by atoms with van der Waals surface area (Å²) in [7, 11) is 0. The summed E-state index contributed by atoms with van der Waals surface area (Å²) in [4.78, 5) is 0. The Hall–Kier alpha value is -1.46. The van der Waals surface area contributed by atoms with Gasteiger partial charge in [-0.2, -0.15) is 5.21 Å². The SMILES string of the molecule is CC(NCc1nn[nH]n1)c1cccc(Cl)c1. The molecule has 0 saturated carbocycles. The molecular formula is C10H12ClN5. The lowest BCUT2D eigenvalue weighted by atomic mass is 10.1. The van der Waals surface area contributed by atoms with Gasteiger partial charge in [0.25, 0.3) is 0 Å². The summed E-state index contributed by atoms with van der Waals surface area (Å²) in [5.74, 6) is 0.647. The van der Waals surface area contributed by atoms with E-state index in [2.05, 4.69) is 32.9 Å². The van der Waals surface area contributed by atoms with Crippen molar-refractivity contribution in [1.82, 2.24) is 25.9 Å². The zero-order chi connectivity index (χ0) is 11.4. The van der Waals surface area contributed by atoms with Crippen LogP contribution in [0.3, 0.4) is 0 Å². The van der Waals surface area contributed by atoms with Gasteiger partial charge in [-0.25, -0.2) is 0 Å². The molecule has 0 aliphatic heterocycles. The number of tetrazole rings is 1. The standard InChI is InChI=1S/C10H12ClN5/c1-7(8-3-2-4-9(11)5-8)12-6-10-13-15-16-14-10/h2-5,7,12H,6H2,1H3,(H,13,14,15,16). The molecule has 0 fully saturated rings. The lowest BCUT2D eigenvalue weighted by molar-refractivity contribution is 0.559. The van der Waals surface area contributed by atoms with E-state index in [1.807, 2.05) is 24.3 Å². The van der Waals surface area contributed by atoms with Gasteiger partial charge in [0, 0.05) is 11.1 Å². The van der Waals surface area contributed by atoms with E-state index in [-0.39, 0.29) is 6.04 Å². The molecule has 0 aliphatic carbocycles. The summed E-state index contributed by atoms with van der Waals surface area (Å²) >= 11 is 5.92. The molecule has 0 aliphatic rings. The minimum atomic E-state index is 0.192. The number of benzene rings is 1. The first kappa shape index (κ1) is 11.0. The lowest BCUT2D eigenvalue weighted by Gasteiger charge is -2.12. The van der Waals surface area contributed by atoms with Crippen LogP contribution in [0.25, 0.3) is 0 Å². The Balaban J connectivity index is 1.95. The van der Waals surface area contributed by atoms with Crippen LogP contribution >= 0.6 is 11.6 Å². The Morgan fingerprint density at radius 1 is 1.50 bits per heavy atom. The number of H-pyrrole nitrogens is 1. The summed E-state index contributed by atoms with van der Waals surface area (Å²) in [6.07, 6.45) is 0. The van der Waals surface area contributed by atoms with E-state index >= 15 is 0 Å². The van der Waals surface area contributed by atoms with Gasteiger partial charge in [0.1, 0.15) is 0 Å². The zero-order valence-electron chi connectivity index (χ0n) is 8.81. The maximum atomic E-state index is 5.92. The molecule has 2 rings (SSSR count). The van der Waals surface area contributed by atoms with E-state index in [1.165, 1.54) is 0 Å². The summed E-state index contributed by atoms with van der Waals surface area (Å²) in [5.41, 5.74) is 1.14. The normalized spacial score (nSPS) is 12.6. The van der Waals surface area contributed by atoms with Crippen molar-refractivity contribution in [2.75, 3.05) is 0 Å². The molecule has 0 radical (unpaired) electrons. The van der Waals surface area contributed by atoms with E-state index in [1.54, 1.807) is 0 Å². The Kier molecular flexibility index (Phi) is 3.48. The molecule has 1 unspecified atom stereocenters. The van der Waals surface area contributed by atoms with Crippen molar-refractivity contribution in [1.29, 1.82) is 0 Å². The first-order valence-corrected chi connectivity index (χ1v) is 5.34. The van der Waals surface area contributed by atoms with E-state index in [0.717, 1.165) is 10.6 Å². The van der Waals surface area contributed by atoms with Crippen LogP contribution in [0.4, 0.5) is 0 Å². The molecule has 1 heterocycles. The van der Waals surface area contributed by atoms with Gasteiger partial charge in [0.2, 0.25) is 0 Å². The smallest absolute Gasteiger partial charge is 0.188 e. The van der Waals surface area contributed by atoms with Crippen molar-refractivity contribution in [3.8, 4) is 0 Å². The van der Waals surface area contributed by atoms with Crippen molar-refractivity contribution < 1.29 is 0 Å². The van der Waals surface area contributed by atoms with Gasteiger partial charge in [-0.05, 0) is 24.6 Å². The number of nitrogens with zero attached hydrogens (tertiary/aromatic N) is 3. The third-order valence-corrected chi connectivity index (χ3v) is 2.54.